The lowest BCUT2D eigenvalue weighted by molar-refractivity contribution is 0.914. The summed E-state index contributed by atoms with van der Waals surface area (Å²) < 4.78 is 2.85. The molecule has 0 N–H and O–H groups in total. The summed E-state index contributed by atoms with van der Waals surface area (Å²) >= 11 is 2.01. The second-order valence-electron chi connectivity index (χ2n) is 18.3. The van der Waals surface area contributed by atoms with Crippen molar-refractivity contribution in [2.24, 2.45) is 0 Å². The SMILES string of the molecule is Cc1ccc(N2c3ccc(C)cc3B3c4cc5sc6c7c(ccc6c5cc4N(c4ccc(C)cc4)c4cc(N(c5ccc(C)cc5)c5cccc6ccccc56)cc2c43)CCC7)cc1. The van der Waals surface area contributed by atoms with E-state index in [9.17, 15) is 0 Å². The molecule has 0 atom stereocenters. The highest BCUT2D eigenvalue weighted by atomic mass is 32.1. The Balaban J connectivity index is 1.17. The summed E-state index contributed by atoms with van der Waals surface area (Å²) in [5.41, 5.74) is 22.7. The summed E-state index contributed by atoms with van der Waals surface area (Å²) in [4.78, 5) is 7.63. The number of thiophene rings is 1. The monoisotopic (exact) mass is 839 g/mol. The number of fused-ring (bicyclic) bond motifs is 10. The van der Waals surface area contributed by atoms with Crippen molar-refractivity contribution in [1.82, 2.24) is 0 Å². The van der Waals surface area contributed by atoms with E-state index in [1.54, 1.807) is 5.56 Å². The third-order valence-corrected chi connectivity index (χ3v) is 15.4. The van der Waals surface area contributed by atoms with Crippen molar-refractivity contribution in [3.8, 4) is 0 Å². The van der Waals surface area contributed by atoms with Crippen LogP contribution in [0.25, 0.3) is 30.9 Å². The normalized spacial score (nSPS) is 13.7. The second kappa shape index (κ2) is 14.2. The molecule has 3 nitrogen and oxygen atoms in total. The number of hydrogen-bond acceptors (Lipinski definition) is 4. The topological polar surface area (TPSA) is 9.72 Å². The van der Waals surface area contributed by atoms with Crippen LogP contribution in [0.15, 0.2) is 170 Å². The van der Waals surface area contributed by atoms with E-state index in [-0.39, 0.29) is 6.71 Å². The van der Waals surface area contributed by atoms with Crippen LogP contribution in [0.3, 0.4) is 0 Å². The first-order valence-electron chi connectivity index (χ1n) is 22.7. The standard InChI is InChI=1S/C59H46BN3S/c1-36-15-23-42(24-16-36)61(52-14-8-11-40-9-5-6-12-46(40)52)45-32-55-58-56(33-45)63(44-27-19-38(3)20-28-44)54-34-49-48-29-22-41-10-7-13-47(41)59(48)64-57(49)35-51(54)60(58)50-31-39(4)21-30-53(50)62(55)43-25-17-37(2)18-26-43/h5-6,8-9,11-12,14-35H,7,10,13H2,1-4H3. The van der Waals surface area contributed by atoms with E-state index in [0.717, 1.165) is 28.4 Å². The summed E-state index contributed by atoms with van der Waals surface area (Å²) in [6.45, 7) is 8.80. The Morgan fingerprint density at radius 2 is 1.12 bits per heavy atom. The van der Waals surface area contributed by atoms with E-state index in [2.05, 4.69) is 212 Å². The lowest BCUT2D eigenvalue weighted by Crippen LogP contribution is -2.61. The Hall–Kier alpha value is -7.08. The van der Waals surface area contributed by atoms with Crippen LogP contribution in [0.2, 0.25) is 0 Å². The van der Waals surface area contributed by atoms with Crippen LogP contribution < -0.4 is 31.1 Å². The summed E-state index contributed by atoms with van der Waals surface area (Å²) in [7, 11) is 0. The van der Waals surface area contributed by atoms with Crippen LogP contribution >= 0.6 is 11.3 Å². The van der Waals surface area contributed by atoms with Gasteiger partial charge in [-0.1, -0.05) is 119 Å². The maximum atomic E-state index is 2.59. The zero-order valence-corrected chi connectivity index (χ0v) is 37.4. The van der Waals surface area contributed by atoms with Crippen LogP contribution in [0, 0.1) is 27.7 Å². The Bertz CT molecular complexity index is 3530. The fourth-order valence-electron chi connectivity index (χ4n) is 11.1. The molecule has 64 heavy (non-hydrogen) atoms. The van der Waals surface area contributed by atoms with Gasteiger partial charge in [0.15, 0.2) is 0 Å². The zero-order chi connectivity index (χ0) is 42.8. The van der Waals surface area contributed by atoms with E-state index in [4.69, 9.17) is 0 Å². The molecule has 3 heterocycles. The predicted molar refractivity (Wildman–Crippen MR) is 277 cm³/mol. The van der Waals surface area contributed by atoms with Crippen molar-refractivity contribution in [2.45, 2.75) is 47.0 Å². The molecule has 0 bridgehead atoms. The first-order valence-corrected chi connectivity index (χ1v) is 23.6. The minimum Gasteiger partial charge on any atom is -0.311 e. The highest BCUT2D eigenvalue weighted by Crippen LogP contribution is 2.50. The molecule has 0 amide bonds. The highest BCUT2D eigenvalue weighted by Gasteiger charge is 2.44. The van der Waals surface area contributed by atoms with Gasteiger partial charge < -0.3 is 14.7 Å². The van der Waals surface area contributed by atoms with Crippen molar-refractivity contribution >= 4 is 117 Å². The second-order valence-corrected chi connectivity index (χ2v) is 19.4. The fourth-order valence-corrected chi connectivity index (χ4v) is 12.4. The van der Waals surface area contributed by atoms with Gasteiger partial charge in [0.1, 0.15) is 0 Å². The maximum Gasteiger partial charge on any atom is 0.252 e. The molecule has 0 spiro atoms. The van der Waals surface area contributed by atoms with Crippen LogP contribution in [0.5, 0.6) is 0 Å². The first kappa shape index (κ1) is 37.5. The molecule has 0 unspecified atom stereocenters. The van der Waals surface area contributed by atoms with Crippen molar-refractivity contribution < 1.29 is 0 Å². The average Bonchev–Trinajstić information content (AvgIpc) is 3.95. The highest BCUT2D eigenvalue weighted by molar-refractivity contribution is 7.26. The van der Waals surface area contributed by atoms with Crippen LogP contribution in [0.4, 0.5) is 51.2 Å². The van der Waals surface area contributed by atoms with Crippen LogP contribution in [-0.2, 0) is 12.8 Å². The molecule has 0 saturated carbocycles. The molecule has 2 aliphatic heterocycles. The molecule has 306 valence electrons. The maximum absolute atomic E-state index is 2.59. The van der Waals surface area contributed by atoms with Crippen molar-refractivity contribution in [3.63, 3.8) is 0 Å². The Labute approximate surface area is 379 Å². The minimum absolute atomic E-state index is 0.0121. The number of aryl methyl sites for hydroxylation is 6. The average molecular weight is 840 g/mol. The van der Waals surface area contributed by atoms with E-state index in [0.29, 0.717) is 0 Å². The van der Waals surface area contributed by atoms with E-state index in [1.165, 1.54) is 117 Å². The van der Waals surface area contributed by atoms with E-state index >= 15 is 0 Å². The number of hydrogen-bond donors (Lipinski definition) is 0. The molecule has 0 radical (unpaired) electrons. The van der Waals surface area contributed by atoms with Crippen molar-refractivity contribution in [3.05, 3.63) is 203 Å². The van der Waals surface area contributed by atoms with Gasteiger partial charge >= 0.3 is 0 Å². The Kier molecular flexibility index (Phi) is 8.33. The molecule has 1 aliphatic carbocycles. The van der Waals surface area contributed by atoms with Crippen molar-refractivity contribution in [1.29, 1.82) is 0 Å². The van der Waals surface area contributed by atoms with Crippen LogP contribution in [-0.4, -0.2) is 6.71 Å². The van der Waals surface area contributed by atoms with Crippen molar-refractivity contribution in [2.75, 3.05) is 14.7 Å². The van der Waals surface area contributed by atoms with Gasteiger partial charge in [0.25, 0.3) is 6.71 Å². The van der Waals surface area contributed by atoms with E-state index in [1.807, 2.05) is 11.3 Å². The Morgan fingerprint density at radius 3 is 1.86 bits per heavy atom. The van der Waals surface area contributed by atoms with Gasteiger partial charge in [0.2, 0.25) is 0 Å². The van der Waals surface area contributed by atoms with Gasteiger partial charge in [0, 0.05) is 65.4 Å². The molecule has 9 aromatic carbocycles. The molecule has 0 fully saturated rings. The molecular formula is C59H46BN3S. The van der Waals surface area contributed by atoms with E-state index < -0.39 is 0 Å². The quantitative estimate of drug-likeness (QED) is 0.160. The molecule has 10 aromatic rings. The fraction of sp³-hybridized carbons (Fsp3) is 0.119. The number of benzene rings is 9. The third-order valence-electron chi connectivity index (χ3n) is 14.2. The van der Waals surface area contributed by atoms with Gasteiger partial charge in [-0.05, 0) is 153 Å². The zero-order valence-electron chi connectivity index (χ0n) is 36.6. The predicted octanol–water partition coefficient (Wildman–Crippen LogP) is 14.5. The largest absolute Gasteiger partial charge is 0.311 e. The molecule has 3 aliphatic rings. The smallest absolute Gasteiger partial charge is 0.252 e. The molecule has 13 rings (SSSR count). The molecule has 0 saturated heterocycles. The lowest BCUT2D eigenvalue weighted by atomic mass is 9.33. The number of rotatable bonds is 5. The van der Waals surface area contributed by atoms with Gasteiger partial charge in [-0.25, -0.2) is 0 Å². The number of anilines is 9. The summed E-state index contributed by atoms with van der Waals surface area (Å²) in [6, 6.07) is 64.9. The first-order chi connectivity index (χ1) is 31.4. The molecule has 5 heteroatoms. The summed E-state index contributed by atoms with van der Waals surface area (Å²) in [5.74, 6) is 0. The van der Waals surface area contributed by atoms with Crippen LogP contribution in [0.1, 0.15) is 39.8 Å². The summed E-state index contributed by atoms with van der Waals surface area (Å²) in [6.07, 6.45) is 3.60. The van der Waals surface area contributed by atoms with Gasteiger partial charge in [0.05, 0.1) is 11.4 Å². The summed E-state index contributed by atoms with van der Waals surface area (Å²) in [5, 5.41) is 5.17. The lowest BCUT2D eigenvalue weighted by Gasteiger charge is -2.45. The third kappa shape index (κ3) is 5.66. The van der Waals surface area contributed by atoms with Gasteiger partial charge in [-0.3, -0.25) is 0 Å². The number of nitrogens with zero attached hydrogens (tertiary/aromatic N) is 3. The van der Waals surface area contributed by atoms with Gasteiger partial charge in [-0.15, -0.1) is 11.3 Å². The van der Waals surface area contributed by atoms with Gasteiger partial charge in [-0.2, -0.15) is 0 Å². The molecular weight excluding hydrogens is 794 g/mol. The Morgan fingerprint density at radius 1 is 0.484 bits per heavy atom. The minimum atomic E-state index is 0.0121. The molecule has 1 aromatic heterocycles.